The number of rotatable bonds is 3. The lowest BCUT2D eigenvalue weighted by Gasteiger charge is -2.17. The lowest BCUT2D eigenvalue weighted by molar-refractivity contribution is 0.422. The first-order valence-electron chi connectivity index (χ1n) is 4.80. The van der Waals surface area contributed by atoms with Crippen LogP contribution in [0.1, 0.15) is 30.7 Å². The zero-order valence-electron chi connectivity index (χ0n) is 7.97. The van der Waals surface area contributed by atoms with Crippen molar-refractivity contribution in [3.63, 3.8) is 0 Å². The van der Waals surface area contributed by atoms with Gasteiger partial charge in [-0.25, -0.2) is 0 Å². The average molecular weight is 295 g/mol. The molecule has 0 saturated heterocycles. The van der Waals surface area contributed by atoms with Gasteiger partial charge in [0.2, 0.25) is 0 Å². The first kappa shape index (κ1) is 10.9. The van der Waals surface area contributed by atoms with E-state index < -0.39 is 0 Å². The second-order valence-corrected chi connectivity index (χ2v) is 6.53. The number of hydrogen-bond acceptors (Lipinski definition) is 2. The molecule has 14 heavy (non-hydrogen) atoms. The Morgan fingerprint density at radius 2 is 2.29 bits per heavy atom. The minimum absolute atomic E-state index is 0.149. The molecule has 1 aliphatic rings. The van der Waals surface area contributed by atoms with Crippen LogP contribution in [0, 0.1) is 11.8 Å². The van der Waals surface area contributed by atoms with Gasteiger partial charge in [-0.2, -0.15) is 0 Å². The summed E-state index contributed by atoms with van der Waals surface area (Å²) < 4.78 is 1.77. The zero-order valence-corrected chi connectivity index (χ0v) is 11.1. The van der Waals surface area contributed by atoms with E-state index in [0.29, 0.717) is 5.92 Å². The third-order valence-electron chi connectivity index (χ3n) is 2.92. The van der Waals surface area contributed by atoms with Crippen molar-refractivity contribution in [1.29, 1.82) is 0 Å². The van der Waals surface area contributed by atoms with Gasteiger partial charge in [-0.05, 0) is 46.7 Å². The van der Waals surface area contributed by atoms with E-state index in [1.54, 1.807) is 11.3 Å². The van der Waals surface area contributed by atoms with Gasteiger partial charge in [-0.1, -0.05) is 18.5 Å². The maximum atomic E-state index is 6.19. The predicted octanol–water partition coefficient (Wildman–Crippen LogP) is 4.21. The van der Waals surface area contributed by atoms with E-state index in [1.807, 2.05) is 0 Å². The molecule has 1 fully saturated rings. The first-order valence-corrected chi connectivity index (χ1v) is 6.78. The summed E-state index contributed by atoms with van der Waals surface area (Å²) in [6.07, 6.45) is 2.68. The molecule has 2 unspecified atom stereocenters. The fourth-order valence-electron chi connectivity index (χ4n) is 1.70. The van der Waals surface area contributed by atoms with Crippen LogP contribution in [0.25, 0.3) is 0 Å². The van der Waals surface area contributed by atoms with Crippen LogP contribution in [0.3, 0.4) is 0 Å². The highest BCUT2D eigenvalue weighted by molar-refractivity contribution is 9.10. The van der Waals surface area contributed by atoms with Gasteiger partial charge in [0.1, 0.15) is 4.34 Å². The molecule has 0 aliphatic heterocycles. The Morgan fingerprint density at radius 3 is 2.71 bits per heavy atom. The van der Waals surface area contributed by atoms with Crippen LogP contribution in [0.15, 0.2) is 10.5 Å². The largest absolute Gasteiger partial charge is 0.323 e. The molecule has 2 rings (SSSR count). The number of thiophene rings is 1. The van der Waals surface area contributed by atoms with Crippen LogP contribution >= 0.6 is 38.9 Å². The Morgan fingerprint density at radius 1 is 1.64 bits per heavy atom. The van der Waals surface area contributed by atoms with Crippen LogP contribution in [-0.2, 0) is 0 Å². The molecule has 1 nitrogen and oxygen atoms in total. The molecule has 1 saturated carbocycles. The zero-order chi connectivity index (χ0) is 10.3. The predicted molar refractivity (Wildman–Crippen MR) is 65.8 cm³/mol. The van der Waals surface area contributed by atoms with Crippen LogP contribution in [0.5, 0.6) is 0 Å². The molecular formula is C10H13BrClNS. The van der Waals surface area contributed by atoms with E-state index in [9.17, 15) is 0 Å². The van der Waals surface area contributed by atoms with Crippen LogP contribution < -0.4 is 5.73 Å². The minimum atomic E-state index is 0.149. The van der Waals surface area contributed by atoms with Gasteiger partial charge in [0.25, 0.3) is 0 Å². The molecule has 2 N–H and O–H groups in total. The SMILES string of the molecule is CC(C1CC1)C(N)c1cc(Br)c(Cl)s1. The van der Waals surface area contributed by atoms with Gasteiger partial charge in [0.15, 0.2) is 0 Å². The Labute approximate surface area is 102 Å². The third kappa shape index (κ3) is 2.16. The summed E-state index contributed by atoms with van der Waals surface area (Å²) in [5, 5.41) is 0. The van der Waals surface area contributed by atoms with Crippen molar-refractivity contribution in [3.05, 3.63) is 19.8 Å². The number of nitrogens with two attached hydrogens (primary N) is 1. The summed E-state index contributed by atoms with van der Waals surface area (Å²) >= 11 is 11.0. The maximum absolute atomic E-state index is 6.19. The average Bonchev–Trinajstić information content (AvgIpc) is 2.93. The number of hydrogen-bond donors (Lipinski definition) is 1. The molecule has 0 bridgehead atoms. The van der Waals surface area contributed by atoms with Gasteiger partial charge in [0, 0.05) is 15.4 Å². The van der Waals surface area contributed by atoms with Gasteiger partial charge in [0.05, 0.1) is 0 Å². The van der Waals surface area contributed by atoms with E-state index in [4.69, 9.17) is 17.3 Å². The minimum Gasteiger partial charge on any atom is -0.323 e. The molecular weight excluding hydrogens is 282 g/mol. The van der Waals surface area contributed by atoms with E-state index in [0.717, 1.165) is 14.7 Å². The van der Waals surface area contributed by atoms with Crippen molar-refractivity contribution in [2.24, 2.45) is 17.6 Å². The lowest BCUT2D eigenvalue weighted by atomic mass is 9.96. The summed E-state index contributed by atoms with van der Waals surface area (Å²) in [6.45, 7) is 2.24. The van der Waals surface area contributed by atoms with Crippen molar-refractivity contribution in [1.82, 2.24) is 0 Å². The molecule has 0 spiro atoms. The van der Waals surface area contributed by atoms with E-state index >= 15 is 0 Å². The Hall–Kier alpha value is 0.430. The van der Waals surface area contributed by atoms with Gasteiger partial charge in [-0.15, -0.1) is 11.3 Å². The van der Waals surface area contributed by atoms with Crippen LogP contribution in [0.4, 0.5) is 0 Å². The van der Waals surface area contributed by atoms with Crippen molar-refractivity contribution in [3.8, 4) is 0 Å². The molecule has 1 heterocycles. The Bertz CT molecular complexity index is 315. The maximum Gasteiger partial charge on any atom is 0.107 e. The smallest absolute Gasteiger partial charge is 0.107 e. The van der Waals surface area contributed by atoms with Crippen molar-refractivity contribution >= 4 is 38.9 Å². The monoisotopic (exact) mass is 293 g/mol. The van der Waals surface area contributed by atoms with E-state index in [-0.39, 0.29) is 6.04 Å². The third-order valence-corrected chi connectivity index (χ3v) is 5.50. The highest BCUT2D eigenvalue weighted by Crippen LogP contribution is 2.44. The topological polar surface area (TPSA) is 26.0 Å². The van der Waals surface area contributed by atoms with Gasteiger partial charge >= 0.3 is 0 Å². The van der Waals surface area contributed by atoms with Crippen LogP contribution in [0.2, 0.25) is 4.34 Å². The molecule has 0 amide bonds. The molecule has 1 aromatic heterocycles. The highest BCUT2D eigenvalue weighted by Gasteiger charge is 2.33. The second-order valence-electron chi connectivity index (χ2n) is 3.99. The molecule has 1 aliphatic carbocycles. The Kier molecular flexibility index (Phi) is 3.22. The van der Waals surface area contributed by atoms with Gasteiger partial charge in [-0.3, -0.25) is 0 Å². The van der Waals surface area contributed by atoms with Gasteiger partial charge < -0.3 is 5.73 Å². The fourth-order valence-corrected chi connectivity index (χ4v) is 3.56. The van der Waals surface area contributed by atoms with Crippen molar-refractivity contribution in [2.75, 3.05) is 0 Å². The van der Waals surface area contributed by atoms with Crippen molar-refractivity contribution < 1.29 is 0 Å². The second kappa shape index (κ2) is 4.12. The Balaban J connectivity index is 2.13. The lowest BCUT2D eigenvalue weighted by Crippen LogP contribution is -2.19. The summed E-state index contributed by atoms with van der Waals surface area (Å²) in [5.74, 6) is 1.42. The fraction of sp³-hybridized carbons (Fsp3) is 0.600. The highest BCUT2D eigenvalue weighted by atomic mass is 79.9. The molecule has 0 radical (unpaired) electrons. The summed E-state index contributed by atoms with van der Waals surface area (Å²) in [4.78, 5) is 1.20. The molecule has 78 valence electrons. The summed E-state index contributed by atoms with van der Waals surface area (Å²) in [7, 11) is 0. The molecule has 4 heteroatoms. The first-order chi connectivity index (χ1) is 6.59. The standard InChI is InChI=1S/C10H13BrClNS/c1-5(6-2-3-6)9(13)8-4-7(11)10(12)14-8/h4-6,9H,2-3,13H2,1H3. The summed E-state index contributed by atoms with van der Waals surface area (Å²) in [6, 6.07) is 2.20. The molecule has 1 aromatic rings. The molecule has 0 aromatic carbocycles. The van der Waals surface area contributed by atoms with E-state index in [1.165, 1.54) is 17.7 Å². The van der Waals surface area contributed by atoms with Crippen LogP contribution in [-0.4, -0.2) is 0 Å². The van der Waals surface area contributed by atoms with Crippen molar-refractivity contribution in [2.45, 2.75) is 25.8 Å². The summed E-state index contributed by atoms with van der Waals surface area (Å²) in [5.41, 5.74) is 6.19. The van der Waals surface area contributed by atoms with E-state index in [2.05, 4.69) is 28.9 Å². The number of halogens is 2. The normalized spacial score (nSPS) is 20.9. The quantitative estimate of drug-likeness (QED) is 0.888. The molecule has 2 atom stereocenters.